The van der Waals surface area contributed by atoms with Gasteiger partial charge in [0.2, 0.25) is 0 Å². The van der Waals surface area contributed by atoms with Crippen LogP contribution in [0.25, 0.3) is 0 Å². The smallest absolute Gasteiger partial charge is 0.119 e. The average molecular weight is 285 g/mol. The summed E-state index contributed by atoms with van der Waals surface area (Å²) in [5.74, 6) is 1.79. The Kier molecular flexibility index (Phi) is 5.50. The van der Waals surface area contributed by atoms with Crippen molar-refractivity contribution in [3.8, 4) is 11.5 Å². The van der Waals surface area contributed by atoms with Crippen LogP contribution in [0.3, 0.4) is 0 Å². The van der Waals surface area contributed by atoms with E-state index in [4.69, 9.17) is 9.47 Å². The van der Waals surface area contributed by atoms with Crippen molar-refractivity contribution in [2.45, 2.75) is 19.9 Å². The zero-order chi connectivity index (χ0) is 15.1. The Balaban J connectivity index is 2.17. The molecule has 0 aromatic heterocycles. The van der Waals surface area contributed by atoms with Crippen LogP contribution in [0.2, 0.25) is 0 Å². The Bertz CT molecular complexity index is 551. The van der Waals surface area contributed by atoms with E-state index in [1.54, 1.807) is 14.2 Å². The topological polar surface area (TPSA) is 21.7 Å². The normalized spacial score (nSPS) is 10.2. The molecule has 0 spiro atoms. The predicted molar refractivity (Wildman–Crippen MR) is 87.3 cm³/mol. The van der Waals surface area contributed by atoms with Crippen molar-refractivity contribution in [1.82, 2.24) is 0 Å². The van der Waals surface area contributed by atoms with Crippen molar-refractivity contribution >= 4 is 5.69 Å². The van der Waals surface area contributed by atoms with E-state index in [9.17, 15) is 0 Å². The second kappa shape index (κ2) is 7.58. The maximum atomic E-state index is 5.30. The minimum atomic E-state index is 0.872. The van der Waals surface area contributed by atoms with E-state index in [0.29, 0.717) is 0 Å². The molecule has 0 aliphatic heterocycles. The van der Waals surface area contributed by atoms with Crippen LogP contribution in [-0.4, -0.2) is 20.8 Å². The first-order valence-corrected chi connectivity index (χ1v) is 7.28. The van der Waals surface area contributed by atoms with Gasteiger partial charge in [-0.05, 0) is 48.4 Å². The molecule has 0 amide bonds. The van der Waals surface area contributed by atoms with E-state index in [-0.39, 0.29) is 0 Å². The highest BCUT2D eigenvalue weighted by Crippen LogP contribution is 2.22. The minimum absolute atomic E-state index is 0.872. The maximum Gasteiger partial charge on any atom is 0.119 e. The van der Waals surface area contributed by atoms with Gasteiger partial charge in [0.1, 0.15) is 11.5 Å². The highest BCUT2D eigenvalue weighted by molar-refractivity contribution is 5.49. The van der Waals surface area contributed by atoms with Crippen LogP contribution in [-0.2, 0) is 6.54 Å². The van der Waals surface area contributed by atoms with Crippen LogP contribution < -0.4 is 14.4 Å². The van der Waals surface area contributed by atoms with Gasteiger partial charge in [-0.2, -0.15) is 0 Å². The molecular weight excluding hydrogens is 262 g/mol. The molecule has 2 aromatic carbocycles. The van der Waals surface area contributed by atoms with Crippen LogP contribution in [0, 0.1) is 0 Å². The van der Waals surface area contributed by atoms with E-state index < -0.39 is 0 Å². The van der Waals surface area contributed by atoms with Crippen LogP contribution in [0.15, 0.2) is 48.5 Å². The number of hydrogen-bond donors (Lipinski definition) is 0. The maximum absolute atomic E-state index is 5.30. The van der Waals surface area contributed by atoms with Gasteiger partial charge in [0.05, 0.1) is 14.2 Å². The Hall–Kier alpha value is -2.16. The number of anilines is 1. The Morgan fingerprint density at radius 1 is 0.905 bits per heavy atom. The first kappa shape index (κ1) is 15.2. The molecule has 0 unspecified atom stereocenters. The van der Waals surface area contributed by atoms with Crippen molar-refractivity contribution in [3.63, 3.8) is 0 Å². The van der Waals surface area contributed by atoms with Gasteiger partial charge in [0.15, 0.2) is 0 Å². The number of benzene rings is 2. The van der Waals surface area contributed by atoms with E-state index in [0.717, 1.165) is 31.0 Å². The van der Waals surface area contributed by atoms with Crippen molar-refractivity contribution in [2.24, 2.45) is 0 Å². The number of methoxy groups -OCH3 is 2. The molecule has 0 bridgehead atoms. The van der Waals surface area contributed by atoms with E-state index >= 15 is 0 Å². The molecule has 0 saturated heterocycles. The molecule has 21 heavy (non-hydrogen) atoms. The molecule has 0 fully saturated rings. The summed E-state index contributed by atoms with van der Waals surface area (Å²) in [6.45, 7) is 4.09. The predicted octanol–water partition coefficient (Wildman–Crippen LogP) is 4.12. The molecule has 2 rings (SSSR count). The van der Waals surface area contributed by atoms with Crippen molar-refractivity contribution in [1.29, 1.82) is 0 Å². The molecule has 2 aromatic rings. The van der Waals surface area contributed by atoms with Crippen LogP contribution in [0.5, 0.6) is 11.5 Å². The first-order chi connectivity index (χ1) is 10.3. The monoisotopic (exact) mass is 285 g/mol. The van der Waals surface area contributed by atoms with E-state index in [2.05, 4.69) is 36.1 Å². The van der Waals surface area contributed by atoms with Crippen LogP contribution >= 0.6 is 0 Å². The third kappa shape index (κ3) is 4.15. The summed E-state index contributed by atoms with van der Waals surface area (Å²) in [5.41, 5.74) is 2.46. The highest BCUT2D eigenvalue weighted by Gasteiger charge is 2.07. The van der Waals surface area contributed by atoms with Gasteiger partial charge in [0.25, 0.3) is 0 Å². The quantitative estimate of drug-likeness (QED) is 0.764. The summed E-state index contributed by atoms with van der Waals surface area (Å²) in [4.78, 5) is 2.37. The van der Waals surface area contributed by atoms with Gasteiger partial charge in [-0.3, -0.25) is 0 Å². The second-order valence-electron chi connectivity index (χ2n) is 4.97. The largest absolute Gasteiger partial charge is 0.497 e. The van der Waals surface area contributed by atoms with Gasteiger partial charge in [-0.1, -0.05) is 19.1 Å². The average Bonchev–Trinajstić information content (AvgIpc) is 2.55. The van der Waals surface area contributed by atoms with Crippen LogP contribution in [0.4, 0.5) is 5.69 Å². The lowest BCUT2D eigenvalue weighted by atomic mass is 10.1. The lowest BCUT2D eigenvalue weighted by Crippen LogP contribution is -2.23. The SMILES string of the molecule is CCCN(Cc1cccc(OC)c1)c1ccc(OC)cc1. The molecule has 3 heteroatoms. The van der Waals surface area contributed by atoms with Crippen molar-refractivity contribution in [2.75, 3.05) is 25.7 Å². The van der Waals surface area contributed by atoms with E-state index in [1.807, 2.05) is 24.3 Å². The summed E-state index contributed by atoms with van der Waals surface area (Å²) in [5, 5.41) is 0. The van der Waals surface area contributed by atoms with Gasteiger partial charge < -0.3 is 14.4 Å². The molecule has 0 atom stereocenters. The van der Waals surface area contributed by atoms with Gasteiger partial charge >= 0.3 is 0 Å². The van der Waals surface area contributed by atoms with Crippen molar-refractivity contribution in [3.05, 3.63) is 54.1 Å². The molecule has 0 aliphatic carbocycles. The van der Waals surface area contributed by atoms with Crippen LogP contribution in [0.1, 0.15) is 18.9 Å². The van der Waals surface area contributed by atoms with Gasteiger partial charge in [-0.25, -0.2) is 0 Å². The van der Waals surface area contributed by atoms with Gasteiger partial charge in [0, 0.05) is 18.8 Å². The third-order valence-corrected chi connectivity index (χ3v) is 3.44. The molecule has 112 valence electrons. The zero-order valence-electron chi connectivity index (χ0n) is 13.0. The summed E-state index contributed by atoms with van der Waals surface area (Å²) < 4.78 is 10.5. The van der Waals surface area contributed by atoms with Gasteiger partial charge in [-0.15, -0.1) is 0 Å². The summed E-state index contributed by atoms with van der Waals surface area (Å²) in [6.07, 6.45) is 1.11. The third-order valence-electron chi connectivity index (χ3n) is 3.44. The number of rotatable bonds is 7. The lowest BCUT2D eigenvalue weighted by Gasteiger charge is -2.25. The molecule has 0 N–H and O–H groups in total. The molecular formula is C18H23NO2. The summed E-state index contributed by atoms with van der Waals surface area (Å²) in [7, 11) is 3.39. The lowest BCUT2D eigenvalue weighted by molar-refractivity contribution is 0.414. The second-order valence-corrected chi connectivity index (χ2v) is 4.97. The molecule has 0 aliphatic rings. The summed E-state index contributed by atoms with van der Waals surface area (Å²) >= 11 is 0. The summed E-state index contributed by atoms with van der Waals surface area (Å²) in [6, 6.07) is 16.4. The van der Waals surface area contributed by atoms with E-state index in [1.165, 1.54) is 11.3 Å². The molecule has 0 heterocycles. The number of ether oxygens (including phenoxy) is 2. The Labute approximate surface area is 127 Å². The number of hydrogen-bond acceptors (Lipinski definition) is 3. The highest BCUT2D eigenvalue weighted by atomic mass is 16.5. The zero-order valence-corrected chi connectivity index (χ0v) is 13.0. The Morgan fingerprint density at radius 3 is 2.24 bits per heavy atom. The molecule has 0 saturated carbocycles. The molecule has 0 radical (unpaired) electrons. The molecule has 3 nitrogen and oxygen atoms in total. The fraction of sp³-hybridized carbons (Fsp3) is 0.333. The number of nitrogens with zero attached hydrogens (tertiary/aromatic N) is 1. The van der Waals surface area contributed by atoms with Crippen molar-refractivity contribution < 1.29 is 9.47 Å². The fourth-order valence-corrected chi connectivity index (χ4v) is 2.35. The Morgan fingerprint density at radius 2 is 1.62 bits per heavy atom. The standard InChI is InChI=1S/C18H23NO2/c1-4-12-19(16-8-10-17(20-2)11-9-16)14-15-6-5-7-18(13-15)21-3/h5-11,13H,4,12,14H2,1-3H3. The fourth-order valence-electron chi connectivity index (χ4n) is 2.35. The minimum Gasteiger partial charge on any atom is -0.497 e. The first-order valence-electron chi connectivity index (χ1n) is 7.28.